The molecular weight excluding hydrogens is 368 g/mol. The Morgan fingerprint density at radius 1 is 1.08 bits per heavy atom. The maximum atomic E-state index is 12.2. The molecule has 126 valence electrons. The molecule has 0 radical (unpaired) electrons. The van der Waals surface area contributed by atoms with Gasteiger partial charge in [-0.3, -0.25) is 4.79 Å². The van der Waals surface area contributed by atoms with Crippen molar-refractivity contribution in [1.82, 2.24) is 9.97 Å². The third-order valence-electron chi connectivity index (χ3n) is 4.18. The lowest BCUT2D eigenvalue weighted by Crippen LogP contribution is -2.20. The van der Waals surface area contributed by atoms with E-state index in [0.29, 0.717) is 17.6 Å². The van der Waals surface area contributed by atoms with E-state index < -0.39 is 0 Å². The van der Waals surface area contributed by atoms with Crippen LogP contribution in [0.4, 0.5) is 11.6 Å². The number of aromatic nitrogens is 2. The van der Waals surface area contributed by atoms with Crippen LogP contribution in [0.3, 0.4) is 0 Å². The first-order chi connectivity index (χ1) is 11.7. The first-order valence-electron chi connectivity index (χ1n) is 8.36. The molecule has 0 spiro atoms. The molecule has 0 bridgehead atoms. The predicted octanol–water partition coefficient (Wildman–Crippen LogP) is 4.63. The number of benzene rings is 1. The van der Waals surface area contributed by atoms with E-state index in [2.05, 4.69) is 36.5 Å². The van der Waals surface area contributed by atoms with E-state index in [0.717, 1.165) is 23.0 Å². The maximum Gasteiger partial charge on any atom is 0.258 e. The van der Waals surface area contributed by atoms with Crippen molar-refractivity contribution in [3.05, 3.63) is 46.7 Å². The summed E-state index contributed by atoms with van der Waals surface area (Å²) in [6.07, 6.45) is 10.6. The molecule has 5 nitrogen and oxygen atoms in total. The van der Waals surface area contributed by atoms with Crippen LogP contribution in [0, 0.1) is 0 Å². The zero-order chi connectivity index (χ0) is 16.8. The number of hydrogen-bond acceptors (Lipinski definition) is 4. The van der Waals surface area contributed by atoms with E-state index in [1.165, 1.54) is 25.7 Å². The average molecular weight is 389 g/mol. The molecule has 1 amide bonds. The van der Waals surface area contributed by atoms with Crippen molar-refractivity contribution in [2.75, 3.05) is 10.6 Å². The summed E-state index contributed by atoms with van der Waals surface area (Å²) in [4.78, 5) is 20.8. The lowest BCUT2D eigenvalue weighted by Gasteiger charge is -2.15. The molecule has 2 N–H and O–H groups in total. The molecule has 6 heteroatoms. The second-order valence-corrected chi connectivity index (χ2v) is 7.01. The van der Waals surface area contributed by atoms with Gasteiger partial charge in [-0.25, -0.2) is 9.97 Å². The highest BCUT2D eigenvalue weighted by Gasteiger charge is 2.14. The minimum atomic E-state index is -0.214. The van der Waals surface area contributed by atoms with Crippen LogP contribution < -0.4 is 10.6 Å². The van der Waals surface area contributed by atoms with Gasteiger partial charge in [-0.05, 0) is 31.0 Å². The highest BCUT2D eigenvalue weighted by atomic mass is 79.9. The molecule has 0 atom stereocenters. The van der Waals surface area contributed by atoms with Crippen LogP contribution in [0.15, 0.2) is 41.1 Å². The number of halogens is 1. The number of nitrogens with one attached hydrogen (secondary N) is 2. The molecule has 1 aliphatic rings. The van der Waals surface area contributed by atoms with E-state index in [-0.39, 0.29) is 5.91 Å². The van der Waals surface area contributed by atoms with Crippen molar-refractivity contribution in [3.8, 4) is 0 Å². The molecule has 3 rings (SSSR count). The number of carbonyl (C=O) groups excluding carboxylic acids is 1. The fraction of sp³-hybridized carbons (Fsp3) is 0.389. The fourth-order valence-electron chi connectivity index (χ4n) is 2.90. The molecule has 1 fully saturated rings. The van der Waals surface area contributed by atoms with Gasteiger partial charge in [-0.1, -0.05) is 47.7 Å². The summed E-state index contributed by atoms with van der Waals surface area (Å²) in [5.74, 6) is 0.384. The molecule has 0 unspecified atom stereocenters. The second-order valence-electron chi connectivity index (χ2n) is 6.09. The Balaban J connectivity index is 1.60. The van der Waals surface area contributed by atoms with Gasteiger partial charge in [0.25, 0.3) is 5.91 Å². The van der Waals surface area contributed by atoms with Gasteiger partial charge in [-0.2, -0.15) is 0 Å². The standard InChI is InChI=1S/C18H21BrN4O/c19-14-6-5-9-16(10-14)22-17(24)13-11-20-18(21-12-13)23-15-7-3-1-2-4-8-15/h5-6,9-12,15H,1-4,7-8H2,(H,22,24)(H,20,21,23). The quantitative estimate of drug-likeness (QED) is 0.749. The lowest BCUT2D eigenvalue weighted by atomic mass is 10.1. The molecule has 1 aromatic heterocycles. The van der Waals surface area contributed by atoms with Gasteiger partial charge in [0.15, 0.2) is 0 Å². The lowest BCUT2D eigenvalue weighted by molar-refractivity contribution is 0.102. The monoisotopic (exact) mass is 388 g/mol. The second kappa shape index (κ2) is 8.24. The first-order valence-corrected chi connectivity index (χ1v) is 9.15. The Labute approximate surface area is 150 Å². The van der Waals surface area contributed by atoms with Crippen LogP contribution in [0.2, 0.25) is 0 Å². The Morgan fingerprint density at radius 3 is 2.46 bits per heavy atom. The molecule has 0 aliphatic heterocycles. The van der Waals surface area contributed by atoms with Crippen molar-refractivity contribution in [3.63, 3.8) is 0 Å². The number of nitrogens with zero attached hydrogens (tertiary/aromatic N) is 2. The molecule has 2 aromatic rings. The van der Waals surface area contributed by atoms with Crippen molar-refractivity contribution < 1.29 is 4.79 Å². The molecule has 24 heavy (non-hydrogen) atoms. The zero-order valence-electron chi connectivity index (χ0n) is 13.5. The normalized spacial score (nSPS) is 15.5. The summed E-state index contributed by atoms with van der Waals surface area (Å²) < 4.78 is 0.916. The molecule has 0 saturated heterocycles. The van der Waals surface area contributed by atoms with Crippen molar-refractivity contribution in [2.24, 2.45) is 0 Å². The summed E-state index contributed by atoms with van der Waals surface area (Å²) in [6, 6.07) is 7.91. The molecule has 1 saturated carbocycles. The predicted molar refractivity (Wildman–Crippen MR) is 99.2 cm³/mol. The van der Waals surface area contributed by atoms with Crippen LogP contribution >= 0.6 is 15.9 Å². The Kier molecular flexibility index (Phi) is 5.80. The molecule has 1 heterocycles. The van der Waals surface area contributed by atoms with Crippen LogP contribution in [-0.4, -0.2) is 21.9 Å². The van der Waals surface area contributed by atoms with Crippen LogP contribution in [0.5, 0.6) is 0 Å². The highest BCUT2D eigenvalue weighted by Crippen LogP contribution is 2.20. The summed E-state index contributed by atoms with van der Waals surface area (Å²) in [6.45, 7) is 0. The first kappa shape index (κ1) is 16.9. The van der Waals surface area contributed by atoms with Gasteiger partial charge in [0.1, 0.15) is 0 Å². The maximum absolute atomic E-state index is 12.2. The van der Waals surface area contributed by atoms with Gasteiger partial charge < -0.3 is 10.6 Å². The third-order valence-corrected chi connectivity index (χ3v) is 4.68. The summed E-state index contributed by atoms with van der Waals surface area (Å²) in [5.41, 5.74) is 1.18. The minimum Gasteiger partial charge on any atom is -0.351 e. The van der Waals surface area contributed by atoms with Crippen molar-refractivity contribution in [1.29, 1.82) is 0 Å². The average Bonchev–Trinajstić information content (AvgIpc) is 2.84. The molecule has 1 aromatic carbocycles. The Morgan fingerprint density at radius 2 is 1.79 bits per heavy atom. The number of carbonyl (C=O) groups is 1. The molecule has 1 aliphatic carbocycles. The van der Waals surface area contributed by atoms with Crippen molar-refractivity contribution >= 4 is 33.5 Å². The third kappa shape index (κ3) is 4.77. The number of rotatable bonds is 4. The largest absolute Gasteiger partial charge is 0.351 e. The molecular formula is C18H21BrN4O. The summed E-state index contributed by atoms with van der Waals surface area (Å²) in [7, 11) is 0. The Bertz CT molecular complexity index is 682. The Hall–Kier alpha value is -1.95. The van der Waals surface area contributed by atoms with Gasteiger partial charge in [-0.15, -0.1) is 0 Å². The van der Waals surface area contributed by atoms with E-state index in [4.69, 9.17) is 0 Å². The number of amides is 1. The smallest absolute Gasteiger partial charge is 0.258 e. The highest BCUT2D eigenvalue weighted by molar-refractivity contribution is 9.10. The van der Waals surface area contributed by atoms with Crippen LogP contribution in [0.1, 0.15) is 48.9 Å². The van der Waals surface area contributed by atoms with Crippen LogP contribution in [-0.2, 0) is 0 Å². The fourth-order valence-corrected chi connectivity index (χ4v) is 3.29. The SMILES string of the molecule is O=C(Nc1cccc(Br)c1)c1cnc(NC2CCCCCC2)nc1. The van der Waals surface area contributed by atoms with Gasteiger partial charge in [0, 0.05) is 28.6 Å². The van der Waals surface area contributed by atoms with E-state index in [1.54, 1.807) is 12.4 Å². The number of hydrogen-bond donors (Lipinski definition) is 2. The van der Waals surface area contributed by atoms with E-state index in [1.807, 2.05) is 24.3 Å². The topological polar surface area (TPSA) is 66.9 Å². The van der Waals surface area contributed by atoms with Gasteiger partial charge in [0.05, 0.1) is 5.56 Å². The number of anilines is 2. The van der Waals surface area contributed by atoms with Crippen molar-refractivity contribution in [2.45, 2.75) is 44.6 Å². The summed E-state index contributed by atoms with van der Waals surface area (Å²) in [5, 5.41) is 6.22. The minimum absolute atomic E-state index is 0.214. The summed E-state index contributed by atoms with van der Waals surface area (Å²) >= 11 is 3.39. The zero-order valence-corrected chi connectivity index (χ0v) is 15.1. The van der Waals surface area contributed by atoms with Crippen LogP contribution in [0.25, 0.3) is 0 Å². The van der Waals surface area contributed by atoms with E-state index >= 15 is 0 Å². The van der Waals surface area contributed by atoms with E-state index in [9.17, 15) is 4.79 Å². The van der Waals surface area contributed by atoms with Gasteiger partial charge in [0.2, 0.25) is 5.95 Å². The van der Waals surface area contributed by atoms with Gasteiger partial charge >= 0.3 is 0 Å².